The van der Waals surface area contributed by atoms with Gasteiger partial charge in [-0.3, -0.25) is 19.7 Å². The smallest absolute Gasteiger partial charge is 0.416 e. The number of carbonyl (C=O) groups is 2. The van der Waals surface area contributed by atoms with Crippen LogP contribution in [0.25, 0.3) is 22.8 Å². The molecular formula is C25H16F3N3O5. The van der Waals surface area contributed by atoms with Gasteiger partial charge in [-0.1, -0.05) is 12.1 Å². The summed E-state index contributed by atoms with van der Waals surface area (Å²) in [4.78, 5) is 39.7. The van der Waals surface area contributed by atoms with Crippen LogP contribution in [0.15, 0.2) is 77.2 Å². The van der Waals surface area contributed by atoms with Gasteiger partial charge in [-0.25, -0.2) is 4.98 Å². The Hall–Kier alpha value is -4.80. The number of nitrogens with one attached hydrogen (secondary N) is 1. The Morgan fingerprint density at radius 1 is 0.972 bits per heavy atom. The average Bonchev–Trinajstić information content (AvgIpc) is 3.29. The van der Waals surface area contributed by atoms with Gasteiger partial charge in [-0.05, 0) is 61.5 Å². The third kappa shape index (κ3) is 4.99. The highest BCUT2D eigenvalue weighted by molar-refractivity contribution is 6.07. The molecule has 0 aliphatic rings. The van der Waals surface area contributed by atoms with Crippen LogP contribution in [0.3, 0.4) is 0 Å². The zero-order valence-corrected chi connectivity index (χ0v) is 18.5. The SMILES string of the molecule is CC(=O)c1ccc(NC(=O)c2nc(-c3ccc(C(F)(F)F)cc3)oc2-c2ccccc2[N+](=O)[O-])cc1. The summed E-state index contributed by atoms with van der Waals surface area (Å²) in [6, 6.07) is 15.5. The molecule has 0 spiro atoms. The fourth-order valence-electron chi connectivity index (χ4n) is 3.39. The van der Waals surface area contributed by atoms with Crippen molar-refractivity contribution in [3.8, 4) is 22.8 Å². The lowest BCUT2D eigenvalue weighted by molar-refractivity contribution is -0.384. The molecule has 0 fully saturated rings. The zero-order chi connectivity index (χ0) is 26.0. The number of alkyl halides is 3. The fourth-order valence-corrected chi connectivity index (χ4v) is 3.39. The Bertz CT molecular complexity index is 1460. The van der Waals surface area contributed by atoms with Gasteiger partial charge >= 0.3 is 6.18 Å². The van der Waals surface area contributed by atoms with Crippen molar-refractivity contribution in [3.05, 3.63) is 99.7 Å². The third-order valence-corrected chi connectivity index (χ3v) is 5.20. The molecule has 182 valence electrons. The van der Waals surface area contributed by atoms with E-state index in [1.165, 1.54) is 55.5 Å². The first kappa shape index (κ1) is 24.3. The van der Waals surface area contributed by atoms with Crippen LogP contribution in [0.2, 0.25) is 0 Å². The molecule has 0 saturated carbocycles. The second-order valence-electron chi connectivity index (χ2n) is 7.63. The largest absolute Gasteiger partial charge is 0.435 e. The molecule has 3 aromatic carbocycles. The Morgan fingerprint density at radius 3 is 2.19 bits per heavy atom. The number of nitro groups is 1. The molecule has 4 aromatic rings. The highest BCUT2D eigenvalue weighted by atomic mass is 19.4. The van der Waals surface area contributed by atoms with E-state index in [4.69, 9.17) is 4.42 Å². The van der Waals surface area contributed by atoms with Gasteiger partial charge in [0.1, 0.15) is 0 Å². The van der Waals surface area contributed by atoms with Crippen LogP contribution in [-0.4, -0.2) is 21.6 Å². The summed E-state index contributed by atoms with van der Waals surface area (Å²) in [5, 5.41) is 14.2. The second kappa shape index (κ2) is 9.45. The van der Waals surface area contributed by atoms with Crippen LogP contribution in [-0.2, 0) is 6.18 Å². The molecule has 0 atom stereocenters. The summed E-state index contributed by atoms with van der Waals surface area (Å²) < 4.78 is 44.5. The summed E-state index contributed by atoms with van der Waals surface area (Å²) in [5.41, 5.74) is -0.707. The first-order valence-corrected chi connectivity index (χ1v) is 10.4. The minimum Gasteiger partial charge on any atom is -0.435 e. The highest BCUT2D eigenvalue weighted by Gasteiger charge is 2.31. The summed E-state index contributed by atoms with van der Waals surface area (Å²) in [7, 11) is 0. The zero-order valence-electron chi connectivity index (χ0n) is 18.5. The molecule has 0 saturated heterocycles. The summed E-state index contributed by atoms with van der Waals surface area (Å²) in [6.45, 7) is 1.39. The van der Waals surface area contributed by atoms with E-state index < -0.39 is 22.6 Å². The first-order valence-electron chi connectivity index (χ1n) is 10.4. The van der Waals surface area contributed by atoms with E-state index in [2.05, 4.69) is 10.3 Å². The van der Waals surface area contributed by atoms with Gasteiger partial charge in [-0.15, -0.1) is 0 Å². The molecular weight excluding hydrogens is 479 g/mol. The molecule has 0 radical (unpaired) electrons. The van der Waals surface area contributed by atoms with Crippen molar-refractivity contribution in [3.63, 3.8) is 0 Å². The van der Waals surface area contributed by atoms with E-state index in [0.717, 1.165) is 24.3 Å². The topological polar surface area (TPSA) is 115 Å². The predicted molar refractivity (Wildman–Crippen MR) is 123 cm³/mol. The van der Waals surface area contributed by atoms with Crippen molar-refractivity contribution in [1.82, 2.24) is 4.98 Å². The van der Waals surface area contributed by atoms with Crippen molar-refractivity contribution in [1.29, 1.82) is 0 Å². The lowest BCUT2D eigenvalue weighted by Gasteiger charge is -2.06. The lowest BCUT2D eigenvalue weighted by atomic mass is 10.1. The van der Waals surface area contributed by atoms with E-state index in [1.54, 1.807) is 0 Å². The van der Waals surface area contributed by atoms with Gasteiger partial charge in [-0.2, -0.15) is 13.2 Å². The van der Waals surface area contributed by atoms with E-state index in [-0.39, 0.29) is 39.9 Å². The molecule has 1 N–H and O–H groups in total. The number of Topliss-reactive ketones (excluding diaryl/α,β-unsaturated/α-hetero) is 1. The normalized spacial score (nSPS) is 11.2. The number of rotatable bonds is 6. The van der Waals surface area contributed by atoms with Crippen LogP contribution < -0.4 is 5.32 Å². The van der Waals surface area contributed by atoms with Crippen molar-refractivity contribution in [2.24, 2.45) is 0 Å². The van der Waals surface area contributed by atoms with Gasteiger partial charge in [0, 0.05) is 22.9 Å². The predicted octanol–water partition coefficient (Wildman–Crippen LogP) is 6.39. The van der Waals surface area contributed by atoms with Gasteiger partial charge in [0.25, 0.3) is 11.6 Å². The number of amides is 1. The number of ketones is 1. The number of hydrogen-bond donors (Lipinski definition) is 1. The van der Waals surface area contributed by atoms with Crippen molar-refractivity contribution in [2.75, 3.05) is 5.32 Å². The average molecular weight is 495 g/mol. The molecule has 1 heterocycles. The highest BCUT2D eigenvalue weighted by Crippen LogP contribution is 2.36. The summed E-state index contributed by atoms with van der Waals surface area (Å²) >= 11 is 0. The molecule has 0 unspecified atom stereocenters. The maximum Gasteiger partial charge on any atom is 0.416 e. The second-order valence-corrected chi connectivity index (χ2v) is 7.63. The third-order valence-electron chi connectivity index (χ3n) is 5.20. The Morgan fingerprint density at radius 2 is 1.61 bits per heavy atom. The minimum absolute atomic E-state index is 0.0368. The van der Waals surface area contributed by atoms with Gasteiger partial charge in [0.15, 0.2) is 17.2 Å². The van der Waals surface area contributed by atoms with Crippen LogP contribution in [0.5, 0.6) is 0 Å². The lowest BCUT2D eigenvalue weighted by Crippen LogP contribution is -2.13. The number of benzene rings is 3. The minimum atomic E-state index is -4.55. The van der Waals surface area contributed by atoms with Crippen molar-refractivity contribution in [2.45, 2.75) is 13.1 Å². The monoisotopic (exact) mass is 495 g/mol. The van der Waals surface area contributed by atoms with Crippen LogP contribution in [0, 0.1) is 10.1 Å². The maximum absolute atomic E-state index is 13.1. The summed E-state index contributed by atoms with van der Waals surface area (Å²) in [5.74, 6) is -1.37. The van der Waals surface area contributed by atoms with E-state index in [0.29, 0.717) is 11.3 Å². The molecule has 8 nitrogen and oxygen atoms in total. The fraction of sp³-hybridized carbons (Fsp3) is 0.0800. The standard InChI is InChI=1S/C25H16F3N3O5/c1-14(32)15-8-12-18(13-9-15)29-23(33)21-22(19-4-2-3-5-20(19)31(34)35)36-24(30-21)16-6-10-17(11-7-16)25(26,27)28/h2-13H,1H3,(H,29,33). The number of nitro benzene ring substituents is 1. The van der Waals surface area contributed by atoms with Crippen LogP contribution in [0.1, 0.15) is 33.3 Å². The van der Waals surface area contributed by atoms with Gasteiger partial charge < -0.3 is 9.73 Å². The molecule has 1 amide bonds. The first-order chi connectivity index (χ1) is 17.0. The molecule has 0 bridgehead atoms. The molecule has 11 heteroatoms. The molecule has 0 aliphatic heterocycles. The number of hydrogen-bond acceptors (Lipinski definition) is 6. The number of anilines is 1. The number of nitrogens with zero attached hydrogens (tertiary/aromatic N) is 2. The van der Waals surface area contributed by atoms with E-state index in [9.17, 15) is 32.9 Å². The number of oxazole rings is 1. The quantitative estimate of drug-likeness (QED) is 0.188. The Kier molecular flexibility index (Phi) is 6.39. The van der Waals surface area contributed by atoms with Crippen molar-refractivity contribution < 1.29 is 32.1 Å². The molecule has 36 heavy (non-hydrogen) atoms. The van der Waals surface area contributed by atoms with E-state index >= 15 is 0 Å². The van der Waals surface area contributed by atoms with Crippen LogP contribution in [0.4, 0.5) is 24.5 Å². The van der Waals surface area contributed by atoms with Crippen LogP contribution >= 0.6 is 0 Å². The molecule has 4 rings (SSSR count). The van der Waals surface area contributed by atoms with Crippen molar-refractivity contribution >= 4 is 23.1 Å². The Balaban J connectivity index is 1.78. The maximum atomic E-state index is 13.1. The Labute approximate surface area is 201 Å². The number of halogens is 3. The van der Waals surface area contributed by atoms with E-state index in [1.807, 2.05) is 0 Å². The number of aromatic nitrogens is 1. The van der Waals surface area contributed by atoms with Gasteiger partial charge in [0.05, 0.1) is 16.1 Å². The number of para-hydroxylation sites is 1. The molecule has 1 aromatic heterocycles. The number of carbonyl (C=O) groups excluding carboxylic acids is 2. The molecule has 0 aliphatic carbocycles. The van der Waals surface area contributed by atoms with Gasteiger partial charge in [0.2, 0.25) is 5.89 Å². The summed E-state index contributed by atoms with van der Waals surface area (Å²) in [6.07, 6.45) is -4.55.